The van der Waals surface area contributed by atoms with Gasteiger partial charge in [-0.3, -0.25) is 4.79 Å². The van der Waals surface area contributed by atoms with Crippen molar-refractivity contribution in [2.24, 2.45) is 17.6 Å². The SMILES string of the molecule is CC(C)CN1CC[C@H](C(N)=O)C1. The highest BCUT2D eigenvalue weighted by molar-refractivity contribution is 5.77. The lowest BCUT2D eigenvalue weighted by atomic mass is 10.1. The van der Waals surface area contributed by atoms with Crippen LogP contribution in [0.3, 0.4) is 0 Å². The molecule has 0 aliphatic carbocycles. The van der Waals surface area contributed by atoms with Gasteiger partial charge in [0, 0.05) is 13.1 Å². The molecule has 3 nitrogen and oxygen atoms in total. The van der Waals surface area contributed by atoms with Gasteiger partial charge >= 0.3 is 0 Å². The summed E-state index contributed by atoms with van der Waals surface area (Å²) in [5.74, 6) is 0.640. The second-order valence-electron chi connectivity index (χ2n) is 4.04. The Morgan fingerprint density at radius 2 is 2.33 bits per heavy atom. The predicted molar refractivity (Wildman–Crippen MR) is 48.6 cm³/mol. The lowest BCUT2D eigenvalue weighted by Crippen LogP contribution is -2.29. The highest BCUT2D eigenvalue weighted by Gasteiger charge is 2.26. The van der Waals surface area contributed by atoms with Gasteiger partial charge in [-0.1, -0.05) is 13.8 Å². The van der Waals surface area contributed by atoms with Crippen molar-refractivity contribution in [1.29, 1.82) is 0 Å². The molecule has 1 aliphatic heterocycles. The molecule has 0 bridgehead atoms. The number of amides is 1. The number of carbonyl (C=O) groups excluding carboxylic acids is 1. The van der Waals surface area contributed by atoms with Crippen LogP contribution >= 0.6 is 0 Å². The molecule has 1 amide bonds. The van der Waals surface area contributed by atoms with Crippen molar-refractivity contribution in [3.8, 4) is 0 Å². The number of nitrogens with zero attached hydrogens (tertiary/aromatic N) is 1. The fourth-order valence-corrected chi connectivity index (χ4v) is 1.75. The Morgan fingerprint density at radius 1 is 1.67 bits per heavy atom. The third-order valence-electron chi connectivity index (χ3n) is 2.30. The van der Waals surface area contributed by atoms with Crippen molar-refractivity contribution in [3.05, 3.63) is 0 Å². The van der Waals surface area contributed by atoms with E-state index in [0.717, 1.165) is 26.1 Å². The number of likely N-dealkylation sites (tertiary alicyclic amines) is 1. The molecule has 0 radical (unpaired) electrons. The molecule has 2 N–H and O–H groups in total. The average Bonchev–Trinajstić information content (AvgIpc) is 2.34. The smallest absolute Gasteiger partial charge is 0.221 e. The molecular formula is C9H18N2O. The Balaban J connectivity index is 2.30. The molecule has 1 fully saturated rings. The fraction of sp³-hybridized carbons (Fsp3) is 0.889. The molecule has 1 aliphatic rings. The minimum atomic E-state index is -0.138. The summed E-state index contributed by atoms with van der Waals surface area (Å²) in [5, 5.41) is 0. The summed E-state index contributed by atoms with van der Waals surface area (Å²) in [5.41, 5.74) is 5.23. The number of rotatable bonds is 3. The van der Waals surface area contributed by atoms with Crippen molar-refractivity contribution in [2.45, 2.75) is 20.3 Å². The minimum absolute atomic E-state index is 0.101. The van der Waals surface area contributed by atoms with Gasteiger partial charge in [0.2, 0.25) is 5.91 Å². The van der Waals surface area contributed by atoms with E-state index >= 15 is 0 Å². The van der Waals surface area contributed by atoms with E-state index in [1.54, 1.807) is 0 Å². The molecular weight excluding hydrogens is 152 g/mol. The van der Waals surface area contributed by atoms with Gasteiger partial charge in [-0.25, -0.2) is 0 Å². The van der Waals surface area contributed by atoms with E-state index < -0.39 is 0 Å². The van der Waals surface area contributed by atoms with E-state index in [-0.39, 0.29) is 11.8 Å². The number of primary amides is 1. The van der Waals surface area contributed by atoms with Crippen molar-refractivity contribution in [1.82, 2.24) is 4.90 Å². The molecule has 12 heavy (non-hydrogen) atoms. The molecule has 0 unspecified atom stereocenters. The Morgan fingerprint density at radius 3 is 2.75 bits per heavy atom. The van der Waals surface area contributed by atoms with Crippen molar-refractivity contribution < 1.29 is 4.79 Å². The normalized spacial score (nSPS) is 25.1. The first-order valence-corrected chi connectivity index (χ1v) is 4.61. The predicted octanol–water partition coefficient (Wildman–Crippen LogP) is 0.450. The second kappa shape index (κ2) is 3.90. The Hall–Kier alpha value is -0.570. The van der Waals surface area contributed by atoms with Gasteiger partial charge < -0.3 is 10.6 Å². The molecule has 1 saturated heterocycles. The van der Waals surface area contributed by atoms with Gasteiger partial charge in [-0.2, -0.15) is 0 Å². The number of hydrogen-bond acceptors (Lipinski definition) is 2. The van der Waals surface area contributed by atoms with Crippen LogP contribution in [0.1, 0.15) is 20.3 Å². The van der Waals surface area contributed by atoms with E-state index in [0.29, 0.717) is 5.92 Å². The van der Waals surface area contributed by atoms with Gasteiger partial charge in [0.1, 0.15) is 0 Å². The topological polar surface area (TPSA) is 46.3 Å². The first-order valence-electron chi connectivity index (χ1n) is 4.61. The number of nitrogens with two attached hydrogens (primary N) is 1. The van der Waals surface area contributed by atoms with Gasteiger partial charge in [0.25, 0.3) is 0 Å². The highest BCUT2D eigenvalue weighted by Crippen LogP contribution is 2.16. The van der Waals surface area contributed by atoms with Crippen LogP contribution in [0.4, 0.5) is 0 Å². The Kier molecular flexibility index (Phi) is 3.09. The lowest BCUT2D eigenvalue weighted by Gasteiger charge is -2.17. The van der Waals surface area contributed by atoms with Gasteiger partial charge in [-0.15, -0.1) is 0 Å². The summed E-state index contributed by atoms with van der Waals surface area (Å²) < 4.78 is 0. The molecule has 70 valence electrons. The van der Waals surface area contributed by atoms with E-state index in [9.17, 15) is 4.79 Å². The molecule has 0 aromatic carbocycles. The molecule has 0 aromatic heterocycles. The van der Waals surface area contributed by atoms with Crippen molar-refractivity contribution in [2.75, 3.05) is 19.6 Å². The van der Waals surface area contributed by atoms with Crippen LogP contribution in [0, 0.1) is 11.8 Å². The third kappa shape index (κ3) is 2.48. The van der Waals surface area contributed by atoms with Crippen molar-refractivity contribution >= 4 is 5.91 Å². The summed E-state index contributed by atoms with van der Waals surface area (Å²) in [6, 6.07) is 0. The van der Waals surface area contributed by atoms with Gasteiger partial charge in [0.15, 0.2) is 0 Å². The first kappa shape index (κ1) is 9.52. The largest absolute Gasteiger partial charge is 0.369 e. The zero-order valence-corrected chi connectivity index (χ0v) is 7.92. The standard InChI is InChI=1S/C9H18N2O/c1-7(2)5-11-4-3-8(6-11)9(10)12/h7-8H,3-6H2,1-2H3,(H2,10,12)/t8-/m0/s1. The summed E-state index contributed by atoms with van der Waals surface area (Å²) >= 11 is 0. The molecule has 0 saturated carbocycles. The quantitative estimate of drug-likeness (QED) is 0.668. The van der Waals surface area contributed by atoms with Crippen LogP contribution in [-0.2, 0) is 4.79 Å². The van der Waals surface area contributed by atoms with Crippen LogP contribution in [-0.4, -0.2) is 30.4 Å². The first-order chi connectivity index (χ1) is 5.59. The zero-order chi connectivity index (χ0) is 9.14. The molecule has 1 atom stereocenters. The lowest BCUT2D eigenvalue weighted by molar-refractivity contribution is -0.121. The van der Waals surface area contributed by atoms with Crippen LogP contribution in [0.25, 0.3) is 0 Å². The van der Waals surface area contributed by atoms with Crippen LogP contribution in [0.2, 0.25) is 0 Å². The number of hydrogen-bond donors (Lipinski definition) is 1. The van der Waals surface area contributed by atoms with E-state index in [2.05, 4.69) is 18.7 Å². The van der Waals surface area contributed by atoms with E-state index in [1.807, 2.05) is 0 Å². The zero-order valence-electron chi connectivity index (χ0n) is 7.92. The minimum Gasteiger partial charge on any atom is -0.369 e. The van der Waals surface area contributed by atoms with Crippen LogP contribution < -0.4 is 5.73 Å². The molecule has 1 heterocycles. The summed E-state index contributed by atoms with van der Waals surface area (Å²) in [6.07, 6.45) is 0.946. The molecule has 3 heteroatoms. The maximum atomic E-state index is 10.8. The monoisotopic (exact) mass is 170 g/mol. The highest BCUT2D eigenvalue weighted by atomic mass is 16.1. The summed E-state index contributed by atoms with van der Waals surface area (Å²) in [7, 11) is 0. The van der Waals surface area contributed by atoms with E-state index in [1.165, 1.54) is 0 Å². The maximum Gasteiger partial charge on any atom is 0.221 e. The van der Waals surface area contributed by atoms with Gasteiger partial charge in [0.05, 0.1) is 5.92 Å². The fourth-order valence-electron chi connectivity index (χ4n) is 1.75. The molecule has 0 aromatic rings. The second-order valence-corrected chi connectivity index (χ2v) is 4.04. The number of carbonyl (C=O) groups is 1. The Labute approximate surface area is 73.9 Å². The van der Waals surface area contributed by atoms with Crippen LogP contribution in [0.15, 0.2) is 0 Å². The summed E-state index contributed by atoms with van der Waals surface area (Å²) in [6.45, 7) is 7.37. The van der Waals surface area contributed by atoms with E-state index in [4.69, 9.17) is 5.73 Å². The Bertz CT molecular complexity index is 168. The maximum absolute atomic E-state index is 10.8. The summed E-state index contributed by atoms with van der Waals surface area (Å²) in [4.78, 5) is 13.1. The average molecular weight is 170 g/mol. The third-order valence-corrected chi connectivity index (χ3v) is 2.30. The van der Waals surface area contributed by atoms with Crippen LogP contribution in [0.5, 0.6) is 0 Å². The van der Waals surface area contributed by atoms with Crippen molar-refractivity contribution in [3.63, 3.8) is 0 Å². The molecule has 1 rings (SSSR count). The molecule has 0 spiro atoms. The van der Waals surface area contributed by atoms with Gasteiger partial charge in [-0.05, 0) is 18.9 Å².